The van der Waals surface area contributed by atoms with Gasteiger partial charge < -0.3 is 27.0 Å². The monoisotopic (exact) mass is 444 g/mol. The van der Waals surface area contributed by atoms with Crippen LogP contribution in [0.3, 0.4) is 0 Å². The van der Waals surface area contributed by atoms with Crippen molar-refractivity contribution >= 4 is 34.7 Å². The van der Waals surface area contributed by atoms with Crippen LogP contribution in [0.4, 0.5) is 22.9 Å². The smallest absolute Gasteiger partial charge is 0.241 e. The second-order valence-corrected chi connectivity index (χ2v) is 8.05. The zero-order valence-corrected chi connectivity index (χ0v) is 18.3. The molecule has 33 heavy (non-hydrogen) atoms. The van der Waals surface area contributed by atoms with E-state index in [2.05, 4.69) is 26.3 Å². The molecule has 8 nitrogen and oxygen atoms in total. The summed E-state index contributed by atoms with van der Waals surface area (Å²) < 4.78 is 0. The third kappa shape index (κ3) is 6.30. The average Bonchev–Trinajstić information content (AvgIpc) is 3.36. The van der Waals surface area contributed by atoms with Crippen LogP contribution in [0.2, 0.25) is 0 Å². The van der Waals surface area contributed by atoms with Gasteiger partial charge in [-0.2, -0.15) is 0 Å². The highest BCUT2D eigenvalue weighted by Gasteiger charge is 2.21. The van der Waals surface area contributed by atoms with Crippen molar-refractivity contribution in [2.45, 2.75) is 31.8 Å². The van der Waals surface area contributed by atoms with Gasteiger partial charge in [-0.25, -0.2) is 4.98 Å². The number of hydrogen-bond donors (Lipinski definition) is 5. The topological polar surface area (TPSA) is 121 Å². The molecule has 1 aliphatic rings. The predicted octanol–water partition coefficient (Wildman–Crippen LogP) is 3.16. The first-order valence-electron chi connectivity index (χ1n) is 11.0. The lowest BCUT2D eigenvalue weighted by Gasteiger charge is -2.14. The molecule has 1 fully saturated rings. The first-order chi connectivity index (χ1) is 16.1. The number of primary amides is 1. The average molecular weight is 445 g/mol. The van der Waals surface area contributed by atoms with Crippen LogP contribution in [-0.2, 0) is 22.6 Å². The molecular weight excluding hydrogens is 416 g/mol. The summed E-state index contributed by atoms with van der Waals surface area (Å²) in [6, 6.07) is 19.2. The normalized spacial score (nSPS) is 15.1. The Kier molecular flexibility index (Phi) is 7.16. The molecule has 3 aromatic rings. The Morgan fingerprint density at radius 1 is 1.06 bits per heavy atom. The van der Waals surface area contributed by atoms with E-state index in [1.54, 1.807) is 6.20 Å². The van der Waals surface area contributed by atoms with E-state index < -0.39 is 5.91 Å². The number of hydrogen-bond acceptors (Lipinski definition) is 6. The van der Waals surface area contributed by atoms with E-state index in [0.717, 1.165) is 47.6 Å². The highest BCUT2D eigenvalue weighted by molar-refractivity contribution is 5.95. The van der Waals surface area contributed by atoms with Gasteiger partial charge in [0.15, 0.2) is 0 Å². The minimum atomic E-state index is -0.411. The van der Waals surface area contributed by atoms with Gasteiger partial charge in [-0.3, -0.25) is 9.59 Å². The molecule has 0 aliphatic carbocycles. The lowest BCUT2D eigenvalue weighted by Crippen LogP contribution is -2.35. The Morgan fingerprint density at radius 3 is 2.52 bits per heavy atom. The third-order valence-electron chi connectivity index (χ3n) is 5.48. The second kappa shape index (κ2) is 10.6. The van der Waals surface area contributed by atoms with Crippen molar-refractivity contribution in [2.24, 2.45) is 5.73 Å². The van der Waals surface area contributed by atoms with Gasteiger partial charge in [0, 0.05) is 41.4 Å². The van der Waals surface area contributed by atoms with Gasteiger partial charge in [-0.1, -0.05) is 30.3 Å². The van der Waals surface area contributed by atoms with E-state index in [0.29, 0.717) is 12.4 Å². The molecule has 0 saturated carbocycles. The Balaban J connectivity index is 1.43. The lowest BCUT2D eigenvalue weighted by molar-refractivity contribution is -0.118. The summed E-state index contributed by atoms with van der Waals surface area (Å²) in [7, 11) is 0. The highest BCUT2D eigenvalue weighted by Crippen LogP contribution is 2.24. The summed E-state index contributed by atoms with van der Waals surface area (Å²) in [6.45, 7) is 1.49. The summed E-state index contributed by atoms with van der Waals surface area (Å²) in [6.07, 6.45) is 3.65. The number of anilines is 4. The molecule has 1 saturated heterocycles. The van der Waals surface area contributed by atoms with E-state index in [4.69, 9.17) is 5.73 Å². The number of aromatic nitrogens is 1. The molecular formula is C25H28N6O2. The summed E-state index contributed by atoms with van der Waals surface area (Å²) in [5.41, 5.74) is 9.64. The third-order valence-corrected chi connectivity index (χ3v) is 5.48. The quantitative estimate of drug-likeness (QED) is 0.346. The van der Waals surface area contributed by atoms with Crippen molar-refractivity contribution in [3.05, 3.63) is 78.0 Å². The van der Waals surface area contributed by atoms with Crippen LogP contribution in [0.25, 0.3) is 0 Å². The van der Waals surface area contributed by atoms with Gasteiger partial charge in [0.25, 0.3) is 0 Å². The van der Waals surface area contributed by atoms with Crippen LogP contribution in [0.1, 0.15) is 24.0 Å². The zero-order chi connectivity index (χ0) is 23.0. The first-order valence-corrected chi connectivity index (χ1v) is 11.0. The SMILES string of the molecule is NC(=O)Cc1cnc(Nc2ccc(NC(=O)[C@@H]3CCCN3)cc2)cc1NCc1ccccc1. The van der Waals surface area contributed by atoms with Gasteiger partial charge in [-0.15, -0.1) is 0 Å². The maximum absolute atomic E-state index is 12.3. The zero-order valence-electron chi connectivity index (χ0n) is 18.3. The second-order valence-electron chi connectivity index (χ2n) is 8.05. The van der Waals surface area contributed by atoms with Crippen LogP contribution in [0.15, 0.2) is 66.9 Å². The van der Waals surface area contributed by atoms with Gasteiger partial charge in [0.2, 0.25) is 11.8 Å². The minimum Gasteiger partial charge on any atom is -0.381 e. The number of nitrogens with two attached hydrogens (primary N) is 1. The van der Waals surface area contributed by atoms with Gasteiger partial charge in [0.1, 0.15) is 5.82 Å². The number of carbonyl (C=O) groups excluding carboxylic acids is 2. The molecule has 2 aromatic carbocycles. The van der Waals surface area contributed by atoms with E-state index in [1.165, 1.54) is 0 Å². The largest absolute Gasteiger partial charge is 0.381 e. The fourth-order valence-corrected chi connectivity index (χ4v) is 3.76. The molecule has 0 radical (unpaired) electrons. The summed E-state index contributed by atoms with van der Waals surface area (Å²) >= 11 is 0. The van der Waals surface area contributed by atoms with E-state index in [-0.39, 0.29) is 18.4 Å². The molecule has 2 amide bonds. The van der Waals surface area contributed by atoms with E-state index in [1.807, 2.05) is 60.7 Å². The van der Waals surface area contributed by atoms with Gasteiger partial charge in [-0.05, 0) is 49.2 Å². The van der Waals surface area contributed by atoms with Crippen molar-refractivity contribution in [3.8, 4) is 0 Å². The van der Waals surface area contributed by atoms with Crippen LogP contribution < -0.4 is 27.0 Å². The summed E-state index contributed by atoms with van der Waals surface area (Å²) in [4.78, 5) is 28.2. The Hall–Kier alpha value is -3.91. The molecule has 0 unspecified atom stereocenters. The number of rotatable bonds is 9. The van der Waals surface area contributed by atoms with Crippen molar-refractivity contribution in [3.63, 3.8) is 0 Å². The Labute approximate surface area is 193 Å². The summed E-state index contributed by atoms with van der Waals surface area (Å²) in [5, 5.41) is 12.8. The molecule has 0 spiro atoms. The van der Waals surface area contributed by atoms with Gasteiger partial charge in [0.05, 0.1) is 12.5 Å². The molecule has 8 heteroatoms. The number of nitrogens with zero attached hydrogens (tertiary/aromatic N) is 1. The fourth-order valence-electron chi connectivity index (χ4n) is 3.76. The van der Waals surface area contributed by atoms with Crippen molar-refractivity contribution in [1.29, 1.82) is 0 Å². The van der Waals surface area contributed by atoms with Crippen molar-refractivity contribution in [2.75, 3.05) is 22.5 Å². The molecule has 2 heterocycles. The fraction of sp³-hybridized carbons (Fsp3) is 0.240. The summed E-state index contributed by atoms with van der Waals surface area (Å²) in [5.74, 6) is 0.213. The Bertz CT molecular complexity index is 1100. The predicted molar refractivity (Wildman–Crippen MR) is 130 cm³/mol. The maximum atomic E-state index is 12.3. The van der Waals surface area contributed by atoms with Crippen LogP contribution >= 0.6 is 0 Å². The van der Waals surface area contributed by atoms with E-state index >= 15 is 0 Å². The van der Waals surface area contributed by atoms with Crippen LogP contribution in [0, 0.1) is 0 Å². The minimum absolute atomic E-state index is 0.00551. The molecule has 0 bridgehead atoms. The molecule has 170 valence electrons. The molecule has 6 N–H and O–H groups in total. The number of pyridine rings is 1. The first kappa shape index (κ1) is 22.3. The standard InChI is InChI=1S/C25H28N6O2/c26-23(32)13-18-16-29-24(14-22(18)28-15-17-5-2-1-3-6-17)30-19-8-10-20(11-9-19)31-25(33)21-7-4-12-27-21/h1-3,5-6,8-11,14,16,21,27H,4,7,12-13,15H2,(H2,26,32)(H,31,33)(H2,28,29,30)/t21-/m0/s1. The number of nitrogens with one attached hydrogen (secondary N) is 4. The van der Waals surface area contributed by atoms with Crippen molar-refractivity contribution < 1.29 is 9.59 Å². The highest BCUT2D eigenvalue weighted by atomic mass is 16.2. The van der Waals surface area contributed by atoms with Crippen molar-refractivity contribution in [1.82, 2.24) is 10.3 Å². The van der Waals surface area contributed by atoms with Gasteiger partial charge >= 0.3 is 0 Å². The number of amides is 2. The number of carbonyl (C=O) groups is 2. The molecule has 1 atom stereocenters. The Morgan fingerprint density at radius 2 is 1.82 bits per heavy atom. The molecule has 4 rings (SSSR count). The molecule has 1 aromatic heterocycles. The van der Waals surface area contributed by atoms with E-state index in [9.17, 15) is 9.59 Å². The van der Waals surface area contributed by atoms with Crippen LogP contribution in [-0.4, -0.2) is 29.4 Å². The maximum Gasteiger partial charge on any atom is 0.241 e. The lowest BCUT2D eigenvalue weighted by atomic mass is 10.1. The van der Waals surface area contributed by atoms with Crippen LogP contribution in [0.5, 0.6) is 0 Å². The number of benzene rings is 2. The molecule has 1 aliphatic heterocycles.